The first-order valence-electron chi connectivity index (χ1n) is 11.2. The van der Waals surface area contributed by atoms with Crippen molar-refractivity contribution in [1.82, 2.24) is 9.80 Å². The van der Waals surface area contributed by atoms with Gasteiger partial charge in [-0.2, -0.15) is 0 Å². The summed E-state index contributed by atoms with van der Waals surface area (Å²) in [4.78, 5) is 26.6. The normalized spacial score (nSPS) is 21.0. The Bertz CT molecular complexity index is 741. The molecular formula is C24H38N2O6. The van der Waals surface area contributed by atoms with Crippen LogP contribution in [0.3, 0.4) is 0 Å². The summed E-state index contributed by atoms with van der Waals surface area (Å²) < 4.78 is 16.3. The monoisotopic (exact) mass is 450 g/mol. The van der Waals surface area contributed by atoms with Crippen molar-refractivity contribution in [3.05, 3.63) is 30.3 Å². The zero-order chi connectivity index (χ0) is 23.9. The molecule has 1 N–H and O–H groups in total. The number of amides is 2. The third-order valence-electron chi connectivity index (χ3n) is 4.66. The van der Waals surface area contributed by atoms with Crippen LogP contribution in [-0.4, -0.2) is 76.7 Å². The summed E-state index contributed by atoms with van der Waals surface area (Å²) in [7, 11) is 0. The zero-order valence-corrected chi connectivity index (χ0v) is 20.2. The van der Waals surface area contributed by atoms with Gasteiger partial charge in [-0.1, -0.05) is 18.2 Å². The summed E-state index contributed by atoms with van der Waals surface area (Å²) in [6.07, 6.45) is 0.575. The Balaban J connectivity index is 0.000000244. The quantitative estimate of drug-likeness (QED) is 0.731. The molecule has 2 heterocycles. The molecule has 2 aliphatic rings. The van der Waals surface area contributed by atoms with Crippen LogP contribution in [0.25, 0.3) is 0 Å². The van der Waals surface area contributed by atoms with Crippen LogP contribution < -0.4 is 4.74 Å². The summed E-state index contributed by atoms with van der Waals surface area (Å²) in [5, 5.41) is 9.20. The largest absolute Gasteiger partial charge is 0.489 e. The highest BCUT2D eigenvalue weighted by Gasteiger charge is 2.31. The number of carbonyl (C=O) groups is 2. The minimum Gasteiger partial charge on any atom is -0.489 e. The van der Waals surface area contributed by atoms with Crippen molar-refractivity contribution in [3.8, 4) is 5.75 Å². The Morgan fingerprint density at radius 3 is 1.81 bits per heavy atom. The summed E-state index contributed by atoms with van der Waals surface area (Å²) in [6, 6.07) is 9.69. The second kappa shape index (κ2) is 10.9. The molecule has 0 aromatic heterocycles. The molecule has 8 nitrogen and oxygen atoms in total. The molecular weight excluding hydrogens is 412 g/mol. The molecule has 180 valence electrons. The molecule has 2 atom stereocenters. The Kier molecular flexibility index (Phi) is 8.78. The fraction of sp³-hybridized carbons (Fsp3) is 0.667. The van der Waals surface area contributed by atoms with Gasteiger partial charge in [-0.05, 0) is 60.1 Å². The molecule has 2 amide bonds. The minimum atomic E-state index is -0.454. The molecule has 2 unspecified atom stereocenters. The lowest BCUT2D eigenvalue weighted by molar-refractivity contribution is 0.0263. The number of β-amino-alcohol motifs (C(OH)–C–C–N with tert-alkyl or cyclic N) is 1. The average Bonchev–Trinajstić information content (AvgIpc) is 3.30. The Labute approximate surface area is 191 Å². The van der Waals surface area contributed by atoms with Crippen LogP contribution in [0, 0.1) is 0 Å². The van der Waals surface area contributed by atoms with Crippen molar-refractivity contribution in [3.63, 3.8) is 0 Å². The number of aliphatic hydroxyl groups is 1. The topological polar surface area (TPSA) is 88.5 Å². The first kappa shape index (κ1) is 25.8. The number of rotatable bonds is 2. The number of hydrogen-bond donors (Lipinski definition) is 1. The van der Waals surface area contributed by atoms with Gasteiger partial charge in [0.15, 0.2) is 0 Å². The maximum Gasteiger partial charge on any atom is 0.410 e. The second-order valence-corrected chi connectivity index (χ2v) is 10.1. The number of ether oxygens (including phenoxy) is 3. The van der Waals surface area contributed by atoms with Gasteiger partial charge in [0.25, 0.3) is 0 Å². The van der Waals surface area contributed by atoms with Crippen molar-refractivity contribution in [2.75, 3.05) is 26.2 Å². The number of nitrogens with zero attached hydrogens (tertiary/aromatic N) is 2. The molecule has 0 saturated carbocycles. The highest BCUT2D eigenvalue weighted by atomic mass is 16.6. The van der Waals surface area contributed by atoms with Crippen molar-refractivity contribution < 1.29 is 28.9 Å². The van der Waals surface area contributed by atoms with E-state index in [2.05, 4.69) is 0 Å². The third kappa shape index (κ3) is 9.34. The van der Waals surface area contributed by atoms with Crippen LogP contribution in [0.5, 0.6) is 5.75 Å². The van der Waals surface area contributed by atoms with Gasteiger partial charge in [0.05, 0.1) is 12.6 Å². The molecule has 3 rings (SSSR count). The standard InChI is InChI=1S/C15H21NO3.C9H17NO3/c1-15(2,3)19-14(17)16-10-9-13(11-16)18-12-7-5-4-6-8-12;1-9(2,3)13-8(12)10-5-4-7(11)6-10/h4-8,13H,9-11H2,1-3H3;7,11H,4-6H2,1-3H3. The van der Waals surface area contributed by atoms with Gasteiger partial charge >= 0.3 is 12.2 Å². The lowest BCUT2D eigenvalue weighted by atomic mass is 10.2. The van der Waals surface area contributed by atoms with Crippen LogP contribution in [0.4, 0.5) is 9.59 Å². The molecule has 1 aromatic rings. The van der Waals surface area contributed by atoms with Crippen molar-refractivity contribution >= 4 is 12.2 Å². The number of aliphatic hydroxyl groups excluding tert-OH is 1. The predicted octanol–water partition coefficient (Wildman–Crippen LogP) is 4.06. The summed E-state index contributed by atoms with van der Waals surface area (Å²) in [5.41, 5.74) is -0.903. The van der Waals surface area contributed by atoms with Crippen molar-refractivity contribution in [1.29, 1.82) is 0 Å². The molecule has 0 spiro atoms. The first-order valence-corrected chi connectivity index (χ1v) is 11.2. The highest BCUT2D eigenvalue weighted by molar-refractivity contribution is 5.69. The SMILES string of the molecule is CC(C)(C)OC(=O)N1CCC(O)C1.CC(C)(C)OC(=O)N1CCC(Oc2ccccc2)C1. The lowest BCUT2D eigenvalue weighted by Gasteiger charge is -2.24. The van der Waals surface area contributed by atoms with Crippen LogP contribution >= 0.6 is 0 Å². The molecule has 2 saturated heterocycles. The molecule has 0 radical (unpaired) electrons. The van der Waals surface area contributed by atoms with Crippen molar-refractivity contribution in [2.45, 2.75) is 77.8 Å². The van der Waals surface area contributed by atoms with Crippen LogP contribution in [0.2, 0.25) is 0 Å². The predicted molar refractivity (Wildman–Crippen MR) is 122 cm³/mol. The fourth-order valence-electron chi connectivity index (χ4n) is 3.24. The average molecular weight is 451 g/mol. The number of para-hydroxylation sites is 1. The zero-order valence-electron chi connectivity index (χ0n) is 20.2. The maximum absolute atomic E-state index is 11.9. The van der Waals surface area contributed by atoms with E-state index < -0.39 is 11.2 Å². The van der Waals surface area contributed by atoms with Gasteiger partial charge in [-0.3, -0.25) is 0 Å². The van der Waals surface area contributed by atoms with E-state index in [9.17, 15) is 14.7 Å². The van der Waals surface area contributed by atoms with E-state index in [0.29, 0.717) is 32.6 Å². The first-order chi connectivity index (χ1) is 14.8. The van der Waals surface area contributed by atoms with Crippen LogP contribution in [0.1, 0.15) is 54.4 Å². The Morgan fingerprint density at radius 2 is 1.34 bits per heavy atom. The molecule has 0 bridgehead atoms. The molecule has 32 heavy (non-hydrogen) atoms. The second-order valence-electron chi connectivity index (χ2n) is 10.1. The molecule has 2 aliphatic heterocycles. The summed E-state index contributed by atoms with van der Waals surface area (Å²) in [5.74, 6) is 0.846. The lowest BCUT2D eigenvalue weighted by Crippen LogP contribution is -2.36. The number of likely N-dealkylation sites (tertiary alicyclic amines) is 2. The molecule has 0 aliphatic carbocycles. The smallest absolute Gasteiger partial charge is 0.410 e. The van der Waals surface area contributed by atoms with E-state index in [1.807, 2.05) is 71.9 Å². The van der Waals surface area contributed by atoms with E-state index in [0.717, 1.165) is 12.2 Å². The van der Waals surface area contributed by atoms with Crippen molar-refractivity contribution in [2.24, 2.45) is 0 Å². The van der Waals surface area contributed by atoms with E-state index in [4.69, 9.17) is 14.2 Å². The fourth-order valence-corrected chi connectivity index (χ4v) is 3.24. The van der Waals surface area contributed by atoms with Gasteiger partial charge in [0, 0.05) is 26.1 Å². The van der Waals surface area contributed by atoms with Crippen LogP contribution in [-0.2, 0) is 9.47 Å². The van der Waals surface area contributed by atoms with Gasteiger partial charge in [-0.15, -0.1) is 0 Å². The highest BCUT2D eigenvalue weighted by Crippen LogP contribution is 2.20. The molecule has 1 aromatic carbocycles. The summed E-state index contributed by atoms with van der Waals surface area (Å²) in [6.45, 7) is 13.4. The Morgan fingerprint density at radius 1 is 0.844 bits per heavy atom. The van der Waals surface area contributed by atoms with Gasteiger partial charge in [0.1, 0.15) is 23.1 Å². The van der Waals surface area contributed by atoms with E-state index >= 15 is 0 Å². The van der Waals surface area contributed by atoms with E-state index in [1.54, 1.807) is 4.90 Å². The van der Waals surface area contributed by atoms with Gasteiger partial charge in [0.2, 0.25) is 0 Å². The third-order valence-corrected chi connectivity index (χ3v) is 4.66. The van der Waals surface area contributed by atoms with Gasteiger partial charge in [-0.25, -0.2) is 9.59 Å². The maximum atomic E-state index is 11.9. The van der Waals surface area contributed by atoms with E-state index in [1.165, 1.54) is 4.90 Å². The number of hydrogen-bond acceptors (Lipinski definition) is 6. The summed E-state index contributed by atoms with van der Waals surface area (Å²) >= 11 is 0. The van der Waals surface area contributed by atoms with E-state index in [-0.39, 0.29) is 24.4 Å². The minimum absolute atomic E-state index is 0.0509. The molecule has 8 heteroatoms. The number of carbonyl (C=O) groups excluding carboxylic acids is 2. The van der Waals surface area contributed by atoms with Gasteiger partial charge < -0.3 is 29.1 Å². The van der Waals surface area contributed by atoms with Crippen LogP contribution in [0.15, 0.2) is 30.3 Å². The Hall–Kier alpha value is -2.48. The molecule has 2 fully saturated rings. The number of benzene rings is 1.